The molecule has 0 bridgehead atoms. The van der Waals surface area contributed by atoms with Crippen LogP contribution >= 0.6 is 0 Å². The minimum Gasteiger partial charge on any atom is -0.480 e. The summed E-state index contributed by atoms with van der Waals surface area (Å²) in [5.41, 5.74) is 0.0683. The van der Waals surface area contributed by atoms with E-state index < -0.39 is 35.8 Å². The maximum absolute atomic E-state index is 12.6. The monoisotopic (exact) mass is 418 g/mol. The molecule has 0 unspecified atom stereocenters. The molecule has 0 saturated heterocycles. The number of nitrogens with one attached hydrogen (secondary N) is 1. The summed E-state index contributed by atoms with van der Waals surface area (Å²) in [5, 5.41) is 22.6. The van der Waals surface area contributed by atoms with Gasteiger partial charge in [0.1, 0.15) is 6.04 Å². The Morgan fingerprint density at radius 2 is 1.67 bits per heavy atom. The van der Waals surface area contributed by atoms with Crippen LogP contribution in [0.15, 0.2) is 60.7 Å². The van der Waals surface area contributed by atoms with Gasteiger partial charge in [0.25, 0.3) is 5.91 Å². The van der Waals surface area contributed by atoms with Crippen LogP contribution in [0.2, 0.25) is 0 Å². The lowest BCUT2D eigenvalue weighted by Crippen LogP contribution is -2.44. The predicted molar refractivity (Wildman–Crippen MR) is 101 cm³/mol. The van der Waals surface area contributed by atoms with Crippen molar-refractivity contribution in [3.05, 3.63) is 77.5 Å². The Kier molecular flexibility index (Phi) is 6.02. The number of para-hydroxylation sites is 1. The predicted octanol–water partition coefficient (Wildman–Crippen LogP) is 3.10. The zero-order valence-electron chi connectivity index (χ0n) is 15.4. The Balaban J connectivity index is 1.72. The van der Waals surface area contributed by atoms with Crippen molar-refractivity contribution in [3.63, 3.8) is 0 Å². The van der Waals surface area contributed by atoms with Crippen molar-refractivity contribution in [3.8, 4) is 0 Å². The highest BCUT2D eigenvalue weighted by molar-refractivity contribution is 5.87. The Hall–Kier alpha value is -3.46. The summed E-state index contributed by atoms with van der Waals surface area (Å²) in [6.07, 6.45) is -6.50. The van der Waals surface area contributed by atoms with Crippen LogP contribution in [0.5, 0.6) is 0 Å². The number of fused-ring (bicyclic) bond motifs is 1. The van der Waals surface area contributed by atoms with Gasteiger partial charge in [-0.3, -0.25) is 9.78 Å². The topological polar surface area (TPSA) is 99.5 Å². The minimum absolute atomic E-state index is 0.0894. The molecule has 6 nitrogen and oxygen atoms in total. The van der Waals surface area contributed by atoms with Gasteiger partial charge < -0.3 is 15.5 Å². The summed E-state index contributed by atoms with van der Waals surface area (Å²) in [6, 6.07) is 12.7. The molecule has 2 atom stereocenters. The first-order valence-electron chi connectivity index (χ1n) is 8.88. The van der Waals surface area contributed by atoms with Crippen LogP contribution in [0, 0.1) is 0 Å². The van der Waals surface area contributed by atoms with E-state index in [4.69, 9.17) is 0 Å². The molecule has 0 radical (unpaired) electrons. The molecule has 0 aliphatic rings. The molecule has 3 N–H and O–H groups in total. The van der Waals surface area contributed by atoms with Gasteiger partial charge >= 0.3 is 12.1 Å². The number of aliphatic hydroxyl groups is 1. The first-order valence-corrected chi connectivity index (χ1v) is 8.88. The number of alkyl halides is 3. The van der Waals surface area contributed by atoms with E-state index in [2.05, 4.69) is 10.3 Å². The standard InChI is InChI=1S/C21H17F3N2O4/c22-21(23,24)14-8-5-13(6-9-14)18(27)19(28)26-17(20(29)30)11-15-10-7-12-3-1-2-4-16(12)25-15/h1-10,17-18,27H,11H2,(H,26,28)(H,29,30)/t17-,18-/m0/s1. The number of nitrogens with zero attached hydrogens (tertiary/aromatic N) is 1. The van der Waals surface area contributed by atoms with Crippen molar-refractivity contribution in [1.82, 2.24) is 10.3 Å². The van der Waals surface area contributed by atoms with E-state index in [-0.39, 0.29) is 12.0 Å². The molecule has 1 amide bonds. The molecule has 3 rings (SSSR count). The first kappa shape index (κ1) is 21.3. The summed E-state index contributed by atoms with van der Waals surface area (Å²) in [6.45, 7) is 0. The number of aliphatic carboxylic acids is 1. The number of rotatable bonds is 6. The molecule has 0 aliphatic carbocycles. The van der Waals surface area contributed by atoms with Gasteiger partial charge in [-0.05, 0) is 29.8 Å². The second kappa shape index (κ2) is 8.50. The highest BCUT2D eigenvalue weighted by Crippen LogP contribution is 2.30. The first-order chi connectivity index (χ1) is 14.1. The van der Waals surface area contributed by atoms with Crippen LogP contribution in [0.3, 0.4) is 0 Å². The maximum atomic E-state index is 12.6. The zero-order valence-corrected chi connectivity index (χ0v) is 15.4. The summed E-state index contributed by atoms with van der Waals surface area (Å²) in [4.78, 5) is 28.2. The van der Waals surface area contributed by atoms with Gasteiger partial charge in [0.15, 0.2) is 6.10 Å². The Bertz CT molecular complexity index is 1070. The van der Waals surface area contributed by atoms with Crippen molar-refractivity contribution in [2.24, 2.45) is 0 Å². The number of amides is 1. The molecule has 30 heavy (non-hydrogen) atoms. The summed E-state index contributed by atoms with van der Waals surface area (Å²) >= 11 is 0. The van der Waals surface area contributed by atoms with Crippen LogP contribution in [-0.2, 0) is 22.2 Å². The molecule has 9 heteroatoms. The molecule has 2 aromatic carbocycles. The maximum Gasteiger partial charge on any atom is 0.416 e. The van der Waals surface area contributed by atoms with Gasteiger partial charge in [-0.25, -0.2) is 4.79 Å². The SMILES string of the molecule is O=C(O)[C@H](Cc1ccc2ccccc2n1)NC(=O)[C@@H](O)c1ccc(C(F)(F)F)cc1. The quantitative estimate of drug-likeness (QED) is 0.571. The van der Waals surface area contributed by atoms with Crippen molar-refractivity contribution in [2.75, 3.05) is 0 Å². The molecule has 0 fully saturated rings. The lowest BCUT2D eigenvalue weighted by Gasteiger charge is -2.18. The fourth-order valence-electron chi connectivity index (χ4n) is 2.89. The van der Waals surface area contributed by atoms with Gasteiger partial charge in [0, 0.05) is 17.5 Å². The molecule has 0 saturated carbocycles. The van der Waals surface area contributed by atoms with Crippen molar-refractivity contribution >= 4 is 22.8 Å². The summed E-state index contributed by atoms with van der Waals surface area (Å²) in [7, 11) is 0. The number of hydrogen-bond donors (Lipinski definition) is 3. The largest absolute Gasteiger partial charge is 0.480 e. The zero-order chi connectivity index (χ0) is 21.9. The third-order valence-electron chi connectivity index (χ3n) is 4.49. The van der Waals surface area contributed by atoms with Crippen molar-refractivity contribution in [2.45, 2.75) is 24.7 Å². The smallest absolute Gasteiger partial charge is 0.416 e. The Morgan fingerprint density at radius 3 is 2.30 bits per heavy atom. The number of pyridine rings is 1. The third-order valence-corrected chi connectivity index (χ3v) is 4.49. The van der Waals surface area contributed by atoms with Crippen LogP contribution in [-0.4, -0.2) is 33.1 Å². The number of carbonyl (C=O) groups excluding carboxylic acids is 1. The van der Waals surface area contributed by atoms with E-state index in [0.717, 1.165) is 29.7 Å². The molecule has 3 aromatic rings. The number of carboxylic acids is 1. The van der Waals surface area contributed by atoms with E-state index in [1.165, 1.54) is 0 Å². The molecular weight excluding hydrogens is 401 g/mol. The van der Waals surface area contributed by atoms with Crippen LogP contribution < -0.4 is 5.32 Å². The molecule has 156 valence electrons. The normalized spacial score (nSPS) is 13.6. The highest BCUT2D eigenvalue weighted by Gasteiger charge is 2.31. The van der Waals surface area contributed by atoms with Crippen LogP contribution in [0.25, 0.3) is 10.9 Å². The van der Waals surface area contributed by atoms with E-state index in [0.29, 0.717) is 11.2 Å². The molecule has 1 aromatic heterocycles. The van der Waals surface area contributed by atoms with E-state index >= 15 is 0 Å². The average molecular weight is 418 g/mol. The minimum atomic E-state index is -4.55. The summed E-state index contributed by atoms with van der Waals surface area (Å²) in [5.74, 6) is -2.37. The number of halogens is 3. The number of aromatic nitrogens is 1. The van der Waals surface area contributed by atoms with E-state index in [9.17, 15) is 33.0 Å². The molecule has 0 aliphatic heterocycles. The van der Waals surface area contributed by atoms with Gasteiger partial charge in [0.05, 0.1) is 11.1 Å². The van der Waals surface area contributed by atoms with Gasteiger partial charge in [-0.1, -0.05) is 36.4 Å². The Labute approximate surface area is 169 Å². The number of aliphatic hydroxyl groups excluding tert-OH is 1. The van der Waals surface area contributed by atoms with Crippen LogP contribution in [0.1, 0.15) is 22.9 Å². The van der Waals surface area contributed by atoms with Crippen molar-refractivity contribution < 1.29 is 33.0 Å². The Morgan fingerprint density at radius 1 is 1.00 bits per heavy atom. The van der Waals surface area contributed by atoms with Gasteiger partial charge in [-0.2, -0.15) is 13.2 Å². The highest BCUT2D eigenvalue weighted by atomic mass is 19.4. The van der Waals surface area contributed by atoms with Crippen molar-refractivity contribution in [1.29, 1.82) is 0 Å². The van der Waals surface area contributed by atoms with Crippen LogP contribution in [0.4, 0.5) is 13.2 Å². The number of benzene rings is 2. The lowest BCUT2D eigenvalue weighted by molar-refractivity contribution is -0.143. The van der Waals surface area contributed by atoms with Gasteiger partial charge in [-0.15, -0.1) is 0 Å². The number of carbonyl (C=O) groups is 2. The number of carboxylic acid groups (broad SMARTS) is 1. The van der Waals surface area contributed by atoms with E-state index in [1.54, 1.807) is 24.3 Å². The van der Waals surface area contributed by atoms with Gasteiger partial charge in [0.2, 0.25) is 0 Å². The summed E-state index contributed by atoms with van der Waals surface area (Å²) < 4.78 is 37.9. The second-order valence-electron chi connectivity index (χ2n) is 6.62. The van der Waals surface area contributed by atoms with E-state index in [1.807, 2.05) is 12.1 Å². The molecular formula is C21H17F3N2O4. The fraction of sp³-hybridized carbons (Fsp3) is 0.190. The molecule has 0 spiro atoms. The second-order valence-corrected chi connectivity index (χ2v) is 6.62. The third kappa shape index (κ3) is 4.93. The fourth-order valence-corrected chi connectivity index (χ4v) is 2.89. The lowest BCUT2D eigenvalue weighted by atomic mass is 10.0. The molecule has 1 heterocycles. The average Bonchev–Trinajstić information content (AvgIpc) is 2.72. The number of hydrogen-bond acceptors (Lipinski definition) is 4.